The molecule has 1 saturated heterocycles. The first-order chi connectivity index (χ1) is 13.4. The molecule has 152 valence electrons. The van der Waals surface area contributed by atoms with Crippen molar-refractivity contribution in [1.29, 1.82) is 0 Å². The lowest BCUT2D eigenvalue weighted by Crippen LogP contribution is -2.47. The van der Waals surface area contributed by atoms with Crippen molar-refractivity contribution in [3.63, 3.8) is 0 Å². The highest BCUT2D eigenvalue weighted by molar-refractivity contribution is 5.80. The number of aryl methyl sites for hydroxylation is 1. The summed E-state index contributed by atoms with van der Waals surface area (Å²) in [6.07, 6.45) is 5.05. The van der Waals surface area contributed by atoms with Crippen molar-refractivity contribution in [1.82, 2.24) is 20.0 Å². The van der Waals surface area contributed by atoms with E-state index in [0.29, 0.717) is 6.61 Å². The maximum atomic E-state index is 5.94. The van der Waals surface area contributed by atoms with Gasteiger partial charge in [0.1, 0.15) is 6.10 Å². The van der Waals surface area contributed by atoms with Gasteiger partial charge in [-0.3, -0.25) is 9.67 Å². The molecule has 1 N–H and O–H groups in total. The number of hydrogen-bond donors (Lipinski definition) is 1. The van der Waals surface area contributed by atoms with E-state index in [1.54, 1.807) is 0 Å². The van der Waals surface area contributed by atoms with E-state index in [2.05, 4.69) is 65.3 Å². The SMILES string of the molecule is CCC(C)(C)c1ccc(CNC(=NC)N2CCOC(c3cnn(C)c3)C2)cc1. The lowest BCUT2D eigenvalue weighted by Gasteiger charge is -2.34. The largest absolute Gasteiger partial charge is 0.370 e. The molecule has 28 heavy (non-hydrogen) atoms. The standard InChI is InChI=1S/C22H33N5O/c1-6-22(2,3)19-9-7-17(8-10-19)13-24-21(23-4)27-11-12-28-20(16-27)18-14-25-26(5)15-18/h7-10,14-15,20H,6,11-13,16H2,1-5H3,(H,23,24). The third-order valence-corrected chi connectivity index (χ3v) is 5.74. The van der Waals surface area contributed by atoms with E-state index in [1.165, 1.54) is 11.1 Å². The molecule has 0 saturated carbocycles. The molecule has 3 rings (SSSR count). The Morgan fingerprint density at radius 1 is 1.32 bits per heavy atom. The summed E-state index contributed by atoms with van der Waals surface area (Å²) in [5.74, 6) is 0.912. The summed E-state index contributed by atoms with van der Waals surface area (Å²) in [4.78, 5) is 6.74. The topological polar surface area (TPSA) is 54.7 Å². The van der Waals surface area contributed by atoms with Crippen LogP contribution in [-0.2, 0) is 23.7 Å². The average molecular weight is 384 g/mol. The second-order valence-electron chi connectivity index (χ2n) is 8.09. The first-order valence-corrected chi connectivity index (χ1v) is 10.1. The zero-order chi connectivity index (χ0) is 20.1. The third kappa shape index (κ3) is 4.73. The number of benzene rings is 1. The Balaban J connectivity index is 1.60. The van der Waals surface area contributed by atoms with E-state index in [9.17, 15) is 0 Å². The van der Waals surface area contributed by atoms with Gasteiger partial charge in [0.25, 0.3) is 0 Å². The maximum Gasteiger partial charge on any atom is 0.194 e. The fourth-order valence-corrected chi connectivity index (χ4v) is 3.44. The van der Waals surface area contributed by atoms with Gasteiger partial charge in [-0.1, -0.05) is 45.0 Å². The molecule has 2 aromatic rings. The van der Waals surface area contributed by atoms with Crippen LogP contribution in [-0.4, -0.2) is 47.4 Å². The summed E-state index contributed by atoms with van der Waals surface area (Å²) >= 11 is 0. The molecular formula is C22H33N5O. The summed E-state index contributed by atoms with van der Waals surface area (Å²) in [6, 6.07) is 8.92. The molecule has 1 aliphatic rings. The van der Waals surface area contributed by atoms with E-state index in [0.717, 1.165) is 37.6 Å². The monoisotopic (exact) mass is 383 g/mol. The van der Waals surface area contributed by atoms with Crippen LogP contribution in [0.5, 0.6) is 0 Å². The van der Waals surface area contributed by atoms with E-state index >= 15 is 0 Å². The Morgan fingerprint density at radius 3 is 2.68 bits per heavy atom. The van der Waals surface area contributed by atoms with Crippen LogP contribution in [0.15, 0.2) is 41.7 Å². The minimum Gasteiger partial charge on any atom is -0.370 e. The van der Waals surface area contributed by atoms with Gasteiger partial charge in [-0.05, 0) is 23.0 Å². The lowest BCUT2D eigenvalue weighted by molar-refractivity contribution is -0.00805. The van der Waals surface area contributed by atoms with Gasteiger partial charge >= 0.3 is 0 Å². The smallest absolute Gasteiger partial charge is 0.194 e. The predicted octanol–water partition coefficient (Wildman–Crippen LogP) is 3.26. The number of aliphatic imine (C=N–C) groups is 1. The van der Waals surface area contributed by atoms with Gasteiger partial charge in [-0.2, -0.15) is 5.10 Å². The number of hydrogen-bond acceptors (Lipinski definition) is 3. The minimum absolute atomic E-state index is 0.0246. The van der Waals surface area contributed by atoms with E-state index in [1.807, 2.05) is 31.2 Å². The van der Waals surface area contributed by atoms with Gasteiger partial charge in [-0.15, -0.1) is 0 Å². The molecule has 2 heterocycles. The van der Waals surface area contributed by atoms with E-state index in [-0.39, 0.29) is 11.5 Å². The number of ether oxygens (including phenoxy) is 1. The Hall–Kier alpha value is -2.34. The van der Waals surface area contributed by atoms with Crippen molar-refractivity contribution in [3.05, 3.63) is 53.3 Å². The van der Waals surface area contributed by atoms with Crippen LogP contribution < -0.4 is 5.32 Å². The highest BCUT2D eigenvalue weighted by Crippen LogP contribution is 2.26. The molecular weight excluding hydrogens is 350 g/mol. The van der Waals surface area contributed by atoms with Crippen molar-refractivity contribution < 1.29 is 4.74 Å². The van der Waals surface area contributed by atoms with Gasteiger partial charge in [0, 0.05) is 38.9 Å². The average Bonchev–Trinajstić information content (AvgIpc) is 3.15. The first kappa shape index (κ1) is 20.4. The molecule has 0 bridgehead atoms. The second-order valence-corrected chi connectivity index (χ2v) is 8.09. The lowest BCUT2D eigenvalue weighted by atomic mass is 9.82. The molecule has 1 aromatic heterocycles. The van der Waals surface area contributed by atoms with Gasteiger partial charge in [0.05, 0.1) is 19.3 Å². The zero-order valence-corrected chi connectivity index (χ0v) is 17.8. The molecule has 0 radical (unpaired) electrons. The van der Waals surface area contributed by atoms with Crippen LogP contribution in [0.1, 0.15) is 50.0 Å². The summed E-state index contributed by atoms with van der Waals surface area (Å²) in [5, 5.41) is 7.76. The van der Waals surface area contributed by atoms with Gasteiger partial charge in [0.2, 0.25) is 0 Å². The fraction of sp³-hybridized carbons (Fsp3) is 0.545. The van der Waals surface area contributed by atoms with Crippen molar-refractivity contribution >= 4 is 5.96 Å². The third-order valence-electron chi connectivity index (χ3n) is 5.74. The van der Waals surface area contributed by atoms with Gasteiger partial charge in [0.15, 0.2) is 5.96 Å². The molecule has 1 aliphatic heterocycles. The Labute approximate surface area is 168 Å². The second kappa shape index (κ2) is 8.78. The first-order valence-electron chi connectivity index (χ1n) is 10.1. The number of nitrogens with zero attached hydrogens (tertiary/aromatic N) is 4. The molecule has 1 fully saturated rings. The number of aromatic nitrogens is 2. The highest BCUT2D eigenvalue weighted by Gasteiger charge is 2.25. The van der Waals surface area contributed by atoms with E-state index < -0.39 is 0 Å². The number of rotatable bonds is 5. The van der Waals surface area contributed by atoms with Gasteiger partial charge in [-0.25, -0.2) is 0 Å². The van der Waals surface area contributed by atoms with Crippen LogP contribution >= 0.6 is 0 Å². The maximum absolute atomic E-state index is 5.94. The fourth-order valence-electron chi connectivity index (χ4n) is 3.44. The minimum atomic E-state index is 0.0246. The number of morpholine rings is 1. The predicted molar refractivity (Wildman–Crippen MR) is 113 cm³/mol. The Bertz CT molecular complexity index is 794. The van der Waals surface area contributed by atoms with Crippen LogP contribution in [0, 0.1) is 0 Å². The van der Waals surface area contributed by atoms with E-state index in [4.69, 9.17) is 4.74 Å². The van der Waals surface area contributed by atoms with Crippen LogP contribution in [0.3, 0.4) is 0 Å². The normalized spacial score (nSPS) is 18.4. The number of guanidine groups is 1. The summed E-state index contributed by atoms with van der Waals surface area (Å²) in [5.41, 5.74) is 3.97. The van der Waals surface area contributed by atoms with Crippen molar-refractivity contribution in [3.8, 4) is 0 Å². The molecule has 1 aromatic carbocycles. The summed E-state index contributed by atoms with van der Waals surface area (Å²) in [6.45, 7) is 9.86. The molecule has 1 unspecified atom stereocenters. The number of nitrogens with one attached hydrogen (secondary N) is 1. The van der Waals surface area contributed by atoms with Crippen molar-refractivity contribution in [2.24, 2.45) is 12.0 Å². The molecule has 0 aliphatic carbocycles. The van der Waals surface area contributed by atoms with Crippen LogP contribution in [0.25, 0.3) is 0 Å². The quantitative estimate of drug-likeness (QED) is 0.636. The molecule has 1 atom stereocenters. The molecule has 0 amide bonds. The summed E-state index contributed by atoms with van der Waals surface area (Å²) < 4.78 is 7.76. The Morgan fingerprint density at radius 2 is 2.07 bits per heavy atom. The van der Waals surface area contributed by atoms with Crippen LogP contribution in [0.4, 0.5) is 0 Å². The van der Waals surface area contributed by atoms with Crippen molar-refractivity contribution in [2.75, 3.05) is 26.7 Å². The molecule has 6 heteroatoms. The zero-order valence-electron chi connectivity index (χ0n) is 17.8. The molecule has 6 nitrogen and oxygen atoms in total. The van der Waals surface area contributed by atoms with Crippen LogP contribution in [0.2, 0.25) is 0 Å². The molecule has 0 spiro atoms. The summed E-state index contributed by atoms with van der Waals surface area (Å²) in [7, 11) is 3.77. The highest BCUT2D eigenvalue weighted by atomic mass is 16.5. The van der Waals surface area contributed by atoms with Crippen molar-refractivity contribution in [2.45, 2.75) is 45.3 Å². The van der Waals surface area contributed by atoms with Gasteiger partial charge < -0.3 is 15.0 Å². The Kier molecular flexibility index (Phi) is 6.39.